The highest BCUT2D eigenvalue weighted by atomic mass is 15.2. The molecule has 11 aromatic carbocycles. The van der Waals surface area contributed by atoms with Gasteiger partial charge in [-0.15, -0.1) is 0 Å². The van der Waals surface area contributed by atoms with E-state index >= 15 is 0 Å². The molecule has 2 aliphatic heterocycles. The highest BCUT2D eigenvalue weighted by Crippen LogP contribution is 2.50. The molecular formula is C81H75BN4. The molecule has 0 radical (unpaired) electrons. The molecular weight excluding hydrogens is 1040 g/mol. The number of hydrogen-bond acceptors (Lipinski definition) is 3. The maximum atomic E-state index is 2.62. The molecule has 2 aliphatic rings. The van der Waals surface area contributed by atoms with Crippen LogP contribution >= 0.6 is 0 Å². The molecule has 0 aliphatic carbocycles. The minimum absolute atomic E-state index is 0.0283. The van der Waals surface area contributed by atoms with E-state index in [2.05, 4.69) is 328 Å². The lowest BCUT2D eigenvalue weighted by Gasteiger charge is -2.45. The summed E-state index contributed by atoms with van der Waals surface area (Å²) in [6.45, 7) is 30.0. The molecule has 0 saturated carbocycles. The summed E-state index contributed by atoms with van der Waals surface area (Å²) in [5.74, 6) is 0. The van der Waals surface area contributed by atoms with Crippen molar-refractivity contribution in [3.63, 3.8) is 0 Å². The van der Waals surface area contributed by atoms with Crippen molar-refractivity contribution in [3.05, 3.63) is 268 Å². The lowest BCUT2D eigenvalue weighted by molar-refractivity contribution is 0.589. The van der Waals surface area contributed by atoms with Crippen LogP contribution in [0.15, 0.2) is 218 Å². The minimum Gasteiger partial charge on any atom is -0.311 e. The van der Waals surface area contributed by atoms with Gasteiger partial charge in [0.05, 0.1) is 16.7 Å². The fourth-order valence-corrected chi connectivity index (χ4v) is 14.6. The van der Waals surface area contributed by atoms with Gasteiger partial charge in [0.2, 0.25) is 0 Å². The summed E-state index contributed by atoms with van der Waals surface area (Å²) in [5, 5.41) is 2.47. The second-order valence-corrected chi connectivity index (χ2v) is 26.7. The van der Waals surface area contributed by atoms with Gasteiger partial charge < -0.3 is 19.3 Å². The van der Waals surface area contributed by atoms with Crippen molar-refractivity contribution in [2.45, 2.75) is 101 Å². The highest BCUT2D eigenvalue weighted by Gasteiger charge is 2.45. The summed E-state index contributed by atoms with van der Waals surface area (Å²) in [5.41, 5.74) is 34.2. The smallest absolute Gasteiger partial charge is 0.252 e. The van der Waals surface area contributed by atoms with Crippen molar-refractivity contribution in [3.8, 4) is 27.9 Å². The molecule has 0 N–H and O–H groups in total. The molecule has 0 saturated heterocycles. The summed E-state index contributed by atoms with van der Waals surface area (Å²) in [6, 6.07) is 82.9. The van der Waals surface area contributed by atoms with Crippen LogP contribution in [0.25, 0.3) is 49.7 Å². The lowest BCUT2D eigenvalue weighted by atomic mass is 9.33. The Labute approximate surface area is 509 Å². The van der Waals surface area contributed by atoms with Crippen molar-refractivity contribution in [1.29, 1.82) is 0 Å². The average Bonchev–Trinajstić information content (AvgIpc) is 0.880. The Hall–Kier alpha value is -9.32. The van der Waals surface area contributed by atoms with Gasteiger partial charge in [-0.1, -0.05) is 175 Å². The zero-order valence-electron chi connectivity index (χ0n) is 52.2. The van der Waals surface area contributed by atoms with Crippen molar-refractivity contribution in [2.75, 3.05) is 14.7 Å². The van der Waals surface area contributed by atoms with E-state index in [1.54, 1.807) is 0 Å². The molecule has 0 atom stereocenters. The van der Waals surface area contributed by atoms with E-state index in [0.29, 0.717) is 0 Å². The van der Waals surface area contributed by atoms with Gasteiger partial charge in [-0.2, -0.15) is 0 Å². The largest absolute Gasteiger partial charge is 0.311 e. The Morgan fingerprint density at radius 1 is 0.349 bits per heavy atom. The molecule has 5 heteroatoms. The van der Waals surface area contributed by atoms with Gasteiger partial charge >= 0.3 is 0 Å². The number of rotatable bonds is 8. The van der Waals surface area contributed by atoms with Gasteiger partial charge in [0.25, 0.3) is 6.71 Å². The SMILES string of the molecule is Cc1cc2c3c(c1)N(c1cc(C)c(-c4ccccc4)c(C)c1)c1cc(N(c4ccc5c6ccccc6n(-c6ccccc6)c5c4)c4c(C)cc(C(C)(C)C)cc4C)ccc1B3c1cc(C(C)(C)C)ccc1N2c1cc(C)c(-c2ccccc2)c(C)c1. The molecule has 0 unspecified atom stereocenters. The number of benzene rings is 11. The number of aromatic nitrogens is 1. The van der Waals surface area contributed by atoms with Gasteiger partial charge in [-0.05, 0) is 233 Å². The molecule has 0 bridgehead atoms. The van der Waals surface area contributed by atoms with E-state index in [-0.39, 0.29) is 17.5 Å². The normalized spacial score (nSPS) is 12.9. The number of fused-ring (bicyclic) bond motifs is 7. The van der Waals surface area contributed by atoms with Crippen molar-refractivity contribution in [1.82, 2.24) is 4.57 Å². The molecule has 4 nitrogen and oxygen atoms in total. The molecule has 422 valence electrons. The molecule has 0 spiro atoms. The minimum atomic E-state index is -0.0875. The quantitative estimate of drug-likeness (QED) is 0.141. The van der Waals surface area contributed by atoms with Gasteiger partial charge in [0.15, 0.2) is 0 Å². The van der Waals surface area contributed by atoms with Crippen LogP contribution in [-0.4, -0.2) is 11.3 Å². The van der Waals surface area contributed by atoms with Gasteiger partial charge in [0.1, 0.15) is 0 Å². The number of nitrogens with zero attached hydrogens (tertiary/aromatic N) is 4. The monoisotopic (exact) mass is 1110 g/mol. The van der Waals surface area contributed by atoms with E-state index in [9.17, 15) is 0 Å². The van der Waals surface area contributed by atoms with Gasteiger partial charge in [-0.25, -0.2) is 0 Å². The van der Waals surface area contributed by atoms with Crippen LogP contribution in [0.5, 0.6) is 0 Å². The number of anilines is 9. The van der Waals surface area contributed by atoms with Crippen LogP contribution < -0.4 is 31.1 Å². The van der Waals surface area contributed by atoms with E-state index in [0.717, 1.165) is 22.7 Å². The molecule has 1 aromatic heterocycles. The fourth-order valence-electron chi connectivity index (χ4n) is 14.6. The van der Waals surface area contributed by atoms with Crippen LogP contribution in [0.2, 0.25) is 0 Å². The first-order valence-corrected chi connectivity index (χ1v) is 30.7. The Kier molecular flexibility index (Phi) is 13.0. The summed E-state index contributed by atoms with van der Waals surface area (Å²) in [6.07, 6.45) is 0. The molecule has 12 aromatic rings. The number of para-hydroxylation sites is 2. The Morgan fingerprint density at radius 2 is 0.837 bits per heavy atom. The Morgan fingerprint density at radius 3 is 1.40 bits per heavy atom. The standard InChI is InChI=1S/C81H75BN4/c1-50-39-74-78-75(40-50)86(65-45-53(4)77(54(5)46-65)58-27-19-15-20-28-58)73-49-63(35-37-68(73)82(78)69-47-59(80(8,9)10)33-38-71(69)85(74)64-43-51(2)76(52(3)44-64)57-25-17-14-18-26-57)83(79-55(6)41-60(42-56(79)7)81(11,12)13)62-34-36-67-66-31-23-24-32-70(66)84(72(67)48-62)61-29-21-16-22-30-61/h14-49H,1-13H3. The number of aryl methyl sites for hydroxylation is 7. The third kappa shape index (κ3) is 8.96. The molecule has 86 heavy (non-hydrogen) atoms. The van der Waals surface area contributed by atoms with Crippen LogP contribution in [0, 0.1) is 48.5 Å². The Balaban J connectivity index is 1.06. The van der Waals surface area contributed by atoms with Crippen molar-refractivity contribution >= 4 is 96.1 Å². The van der Waals surface area contributed by atoms with E-state index < -0.39 is 0 Å². The average molecular weight is 1120 g/mol. The Bertz CT molecular complexity index is 4620. The first-order chi connectivity index (χ1) is 41.3. The molecule has 0 fully saturated rings. The maximum Gasteiger partial charge on any atom is 0.252 e. The van der Waals surface area contributed by atoms with Crippen LogP contribution in [-0.2, 0) is 10.8 Å². The summed E-state index contributed by atoms with van der Waals surface area (Å²) >= 11 is 0. The number of hydrogen-bond donors (Lipinski definition) is 0. The van der Waals surface area contributed by atoms with E-state index in [4.69, 9.17) is 0 Å². The first-order valence-electron chi connectivity index (χ1n) is 30.7. The highest BCUT2D eigenvalue weighted by molar-refractivity contribution is 7.00. The van der Waals surface area contributed by atoms with Gasteiger partial charge in [0, 0.05) is 62.0 Å². The van der Waals surface area contributed by atoms with E-state index in [1.807, 2.05) is 0 Å². The zero-order valence-corrected chi connectivity index (χ0v) is 52.2. The second kappa shape index (κ2) is 20.4. The predicted octanol–water partition coefficient (Wildman–Crippen LogP) is 20.4. The topological polar surface area (TPSA) is 14.7 Å². The van der Waals surface area contributed by atoms with Crippen LogP contribution in [0.4, 0.5) is 51.2 Å². The predicted molar refractivity (Wildman–Crippen MR) is 371 cm³/mol. The van der Waals surface area contributed by atoms with Crippen molar-refractivity contribution in [2.24, 2.45) is 0 Å². The van der Waals surface area contributed by atoms with Gasteiger partial charge in [-0.3, -0.25) is 0 Å². The summed E-state index contributed by atoms with van der Waals surface area (Å²) in [4.78, 5) is 7.77. The fraction of sp³-hybridized carbons (Fsp3) is 0.185. The summed E-state index contributed by atoms with van der Waals surface area (Å²) < 4.78 is 2.44. The molecule has 14 rings (SSSR count). The summed E-state index contributed by atoms with van der Waals surface area (Å²) in [7, 11) is 0. The third-order valence-corrected chi connectivity index (χ3v) is 18.5. The maximum absolute atomic E-state index is 2.62. The van der Waals surface area contributed by atoms with Crippen LogP contribution in [0.3, 0.4) is 0 Å². The van der Waals surface area contributed by atoms with Crippen LogP contribution in [0.1, 0.15) is 91.6 Å². The second-order valence-electron chi connectivity index (χ2n) is 26.7. The molecule has 0 amide bonds. The van der Waals surface area contributed by atoms with E-state index in [1.165, 1.54) is 145 Å². The lowest BCUT2D eigenvalue weighted by Crippen LogP contribution is -2.61. The molecule has 3 heterocycles. The van der Waals surface area contributed by atoms with Crippen molar-refractivity contribution < 1.29 is 0 Å². The zero-order chi connectivity index (χ0) is 59.7. The first kappa shape index (κ1) is 54.6. The third-order valence-electron chi connectivity index (χ3n) is 18.5.